The van der Waals surface area contributed by atoms with Gasteiger partial charge in [0.15, 0.2) is 17.4 Å². The summed E-state index contributed by atoms with van der Waals surface area (Å²) >= 11 is 1.27. The van der Waals surface area contributed by atoms with E-state index in [0.29, 0.717) is 18.3 Å². The Labute approximate surface area is 165 Å². The minimum Gasteiger partial charge on any atom is -0.465 e. The second kappa shape index (κ2) is 10.5. The van der Waals surface area contributed by atoms with Crippen molar-refractivity contribution in [3.05, 3.63) is 0 Å². The van der Waals surface area contributed by atoms with Gasteiger partial charge >= 0.3 is 12.0 Å². The standard InChI is InChI=1S/C18H30N4O4S/c1-4-6-7-8-9-10-11-22-14-15(21(3)17(25)20-16(14)24)19-18(22)27-12-13(23)26-5-2/h14-15H,4-12H2,1-3H3,(H,20,24,25). The predicted octanol–water partition coefficient (Wildman–Crippen LogP) is 2.19. The number of unbranched alkanes of at least 4 members (excludes halogenated alkanes) is 5. The first-order valence-corrected chi connectivity index (χ1v) is 10.7. The molecule has 2 aliphatic heterocycles. The van der Waals surface area contributed by atoms with Gasteiger partial charge in [-0.3, -0.25) is 14.9 Å². The minimum atomic E-state index is -0.545. The summed E-state index contributed by atoms with van der Waals surface area (Å²) in [5.74, 6) is -0.503. The highest BCUT2D eigenvalue weighted by atomic mass is 32.2. The van der Waals surface area contributed by atoms with Gasteiger partial charge in [0.1, 0.15) is 0 Å². The lowest BCUT2D eigenvalue weighted by Crippen LogP contribution is -2.63. The molecule has 0 aromatic rings. The number of carbonyl (C=O) groups excluding carboxylic acids is 3. The maximum atomic E-state index is 12.4. The van der Waals surface area contributed by atoms with Crippen molar-refractivity contribution in [3.63, 3.8) is 0 Å². The monoisotopic (exact) mass is 398 g/mol. The lowest BCUT2D eigenvalue weighted by Gasteiger charge is -2.36. The minimum absolute atomic E-state index is 0.137. The Balaban J connectivity index is 2.01. The third kappa shape index (κ3) is 5.60. The van der Waals surface area contributed by atoms with Crippen molar-refractivity contribution in [1.29, 1.82) is 0 Å². The maximum Gasteiger partial charge on any atom is 0.325 e. The van der Waals surface area contributed by atoms with Crippen LogP contribution in [0.25, 0.3) is 0 Å². The summed E-state index contributed by atoms with van der Waals surface area (Å²) in [5.41, 5.74) is 0. The average molecular weight is 399 g/mol. The lowest BCUT2D eigenvalue weighted by molar-refractivity contribution is -0.139. The molecule has 3 amide bonds. The van der Waals surface area contributed by atoms with Gasteiger partial charge in [-0.15, -0.1) is 0 Å². The van der Waals surface area contributed by atoms with E-state index in [4.69, 9.17) is 4.74 Å². The van der Waals surface area contributed by atoms with Crippen molar-refractivity contribution in [1.82, 2.24) is 15.1 Å². The van der Waals surface area contributed by atoms with E-state index in [0.717, 1.165) is 12.8 Å². The van der Waals surface area contributed by atoms with Gasteiger partial charge in [0.25, 0.3) is 5.91 Å². The molecule has 2 aliphatic rings. The van der Waals surface area contributed by atoms with Crippen LogP contribution in [0, 0.1) is 0 Å². The van der Waals surface area contributed by atoms with E-state index < -0.39 is 18.2 Å². The Morgan fingerprint density at radius 1 is 1.19 bits per heavy atom. The number of amides is 3. The molecule has 152 valence electrons. The number of imide groups is 1. The quantitative estimate of drug-likeness (QED) is 0.448. The number of esters is 1. The van der Waals surface area contributed by atoms with Crippen LogP contribution in [-0.2, 0) is 14.3 Å². The van der Waals surface area contributed by atoms with Gasteiger partial charge in [-0.05, 0) is 13.3 Å². The van der Waals surface area contributed by atoms with Crippen LogP contribution in [0.15, 0.2) is 4.99 Å². The fourth-order valence-corrected chi connectivity index (χ4v) is 4.13. The first-order chi connectivity index (χ1) is 13.0. The summed E-state index contributed by atoms with van der Waals surface area (Å²) in [6, 6.07) is -0.978. The number of fused-ring (bicyclic) bond motifs is 1. The van der Waals surface area contributed by atoms with Gasteiger partial charge in [0.05, 0.1) is 12.4 Å². The Bertz CT molecular complexity index is 584. The van der Waals surface area contributed by atoms with Crippen LogP contribution in [0.5, 0.6) is 0 Å². The summed E-state index contributed by atoms with van der Waals surface area (Å²) in [4.78, 5) is 44.0. The fourth-order valence-electron chi connectivity index (χ4n) is 3.24. The van der Waals surface area contributed by atoms with E-state index in [9.17, 15) is 14.4 Å². The van der Waals surface area contributed by atoms with Gasteiger partial charge in [0.2, 0.25) is 0 Å². The zero-order valence-electron chi connectivity index (χ0n) is 16.4. The zero-order valence-corrected chi connectivity index (χ0v) is 17.2. The van der Waals surface area contributed by atoms with Crippen molar-refractivity contribution in [2.75, 3.05) is 26.0 Å². The molecule has 2 unspecified atom stereocenters. The molecule has 2 atom stereocenters. The second-order valence-electron chi connectivity index (χ2n) is 6.73. The van der Waals surface area contributed by atoms with Crippen LogP contribution < -0.4 is 5.32 Å². The number of rotatable bonds is 10. The van der Waals surface area contributed by atoms with Gasteiger partial charge in [-0.1, -0.05) is 50.8 Å². The van der Waals surface area contributed by atoms with Crippen molar-refractivity contribution >= 4 is 34.8 Å². The predicted molar refractivity (Wildman–Crippen MR) is 105 cm³/mol. The molecule has 0 aromatic carbocycles. The highest BCUT2D eigenvalue weighted by Crippen LogP contribution is 2.29. The van der Waals surface area contributed by atoms with Crippen molar-refractivity contribution in [3.8, 4) is 0 Å². The number of thioether (sulfide) groups is 1. The van der Waals surface area contributed by atoms with Crippen molar-refractivity contribution < 1.29 is 19.1 Å². The van der Waals surface area contributed by atoms with Crippen LogP contribution >= 0.6 is 11.8 Å². The van der Waals surface area contributed by atoms with Gasteiger partial charge in [-0.25, -0.2) is 9.79 Å². The first-order valence-electron chi connectivity index (χ1n) is 9.70. The lowest BCUT2D eigenvalue weighted by atomic mass is 10.1. The van der Waals surface area contributed by atoms with Crippen LogP contribution in [0.1, 0.15) is 52.4 Å². The van der Waals surface area contributed by atoms with E-state index in [1.165, 1.54) is 42.3 Å². The molecule has 0 bridgehead atoms. The highest BCUT2D eigenvalue weighted by molar-refractivity contribution is 8.14. The molecule has 0 aromatic heterocycles. The molecular weight excluding hydrogens is 368 g/mol. The van der Waals surface area contributed by atoms with Crippen LogP contribution in [0.2, 0.25) is 0 Å². The number of nitrogens with zero attached hydrogens (tertiary/aromatic N) is 3. The average Bonchev–Trinajstić information content (AvgIpc) is 3.00. The molecule has 0 saturated carbocycles. The number of nitrogens with one attached hydrogen (secondary N) is 1. The molecular formula is C18H30N4O4S. The largest absolute Gasteiger partial charge is 0.465 e. The molecule has 0 spiro atoms. The van der Waals surface area contributed by atoms with Gasteiger partial charge in [-0.2, -0.15) is 0 Å². The normalized spacial score (nSPS) is 21.8. The second-order valence-corrected chi connectivity index (χ2v) is 7.67. The van der Waals surface area contributed by atoms with Gasteiger partial charge < -0.3 is 14.5 Å². The van der Waals surface area contributed by atoms with E-state index >= 15 is 0 Å². The maximum absolute atomic E-state index is 12.4. The molecule has 0 radical (unpaired) electrons. The number of hydrogen-bond donors (Lipinski definition) is 1. The molecule has 9 heteroatoms. The Hall–Kier alpha value is -1.77. The smallest absolute Gasteiger partial charge is 0.325 e. The van der Waals surface area contributed by atoms with E-state index in [-0.39, 0.29) is 17.6 Å². The van der Waals surface area contributed by atoms with Crippen LogP contribution in [-0.4, -0.2) is 71.0 Å². The number of hydrogen-bond acceptors (Lipinski definition) is 7. The molecule has 8 nitrogen and oxygen atoms in total. The van der Waals surface area contributed by atoms with E-state index in [1.807, 2.05) is 4.90 Å². The Morgan fingerprint density at radius 2 is 1.89 bits per heavy atom. The van der Waals surface area contributed by atoms with Crippen molar-refractivity contribution in [2.24, 2.45) is 4.99 Å². The summed E-state index contributed by atoms with van der Waals surface area (Å²) in [7, 11) is 1.63. The molecule has 1 saturated heterocycles. The number of likely N-dealkylation sites (N-methyl/N-ethyl adjacent to an activating group) is 1. The van der Waals surface area contributed by atoms with Crippen molar-refractivity contribution in [2.45, 2.75) is 64.6 Å². The number of amidine groups is 1. The Morgan fingerprint density at radius 3 is 2.59 bits per heavy atom. The zero-order chi connectivity index (χ0) is 19.8. The summed E-state index contributed by atoms with van der Waals surface area (Å²) < 4.78 is 4.97. The number of aliphatic imine (C=N–C) groups is 1. The SMILES string of the molecule is CCCCCCCCN1C(SCC(=O)OCC)=NC2C1C(=O)NC(=O)N2C. The number of urea groups is 1. The van der Waals surface area contributed by atoms with E-state index in [2.05, 4.69) is 17.2 Å². The number of ether oxygens (including phenoxy) is 1. The highest BCUT2D eigenvalue weighted by Gasteiger charge is 2.48. The molecule has 2 rings (SSSR count). The molecule has 27 heavy (non-hydrogen) atoms. The Kier molecular flexibility index (Phi) is 8.40. The number of carbonyl (C=O) groups is 3. The molecule has 2 heterocycles. The topological polar surface area (TPSA) is 91.3 Å². The fraction of sp³-hybridized carbons (Fsp3) is 0.778. The van der Waals surface area contributed by atoms with Crippen LogP contribution in [0.3, 0.4) is 0 Å². The molecule has 1 N–H and O–H groups in total. The summed E-state index contributed by atoms with van der Waals surface area (Å²) in [5, 5.41) is 3.01. The molecule has 0 aliphatic carbocycles. The van der Waals surface area contributed by atoms with Crippen LogP contribution in [0.4, 0.5) is 4.79 Å². The first kappa shape index (κ1) is 21.5. The molecule has 1 fully saturated rings. The van der Waals surface area contributed by atoms with E-state index in [1.54, 1.807) is 14.0 Å². The summed E-state index contributed by atoms with van der Waals surface area (Å²) in [6.07, 6.45) is 6.32. The summed E-state index contributed by atoms with van der Waals surface area (Å²) in [6.45, 7) is 4.96. The van der Waals surface area contributed by atoms with Gasteiger partial charge in [0, 0.05) is 13.6 Å². The third-order valence-electron chi connectivity index (χ3n) is 4.70. The third-order valence-corrected chi connectivity index (χ3v) is 5.68.